The van der Waals surface area contributed by atoms with Gasteiger partial charge >= 0.3 is 0 Å². The van der Waals surface area contributed by atoms with Crippen LogP contribution in [0.25, 0.3) is 33.4 Å². The molecule has 17 heteroatoms. The normalized spacial score (nSPS) is 14.8. The van der Waals surface area contributed by atoms with Crippen LogP contribution < -0.4 is 21.7 Å². The van der Waals surface area contributed by atoms with Crippen molar-refractivity contribution in [1.29, 1.82) is 0 Å². The van der Waals surface area contributed by atoms with Gasteiger partial charge in [0, 0.05) is 63.8 Å². The fourth-order valence-corrected chi connectivity index (χ4v) is 6.89. The summed E-state index contributed by atoms with van der Waals surface area (Å²) in [7, 11) is 2.09. The summed E-state index contributed by atoms with van der Waals surface area (Å²) in [5.74, 6) is 0.744. The Kier molecular flexibility index (Phi) is 9.71. The number of nitrogens with two attached hydrogens (primary N) is 2. The van der Waals surface area contributed by atoms with Gasteiger partial charge in [0.05, 0.1) is 37.1 Å². The number of fused-ring (bicyclic) bond motifs is 3. The third kappa shape index (κ3) is 7.35. The van der Waals surface area contributed by atoms with E-state index in [1.54, 1.807) is 18.5 Å². The van der Waals surface area contributed by atoms with E-state index in [-0.39, 0.29) is 30.9 Å². The molecule has 2 amide bonds. The van der Waals surface area contributed by atoms with Crippen LogP contribution in [0.2, 0.25) is 0 Å². The molecular formula is C37H41N13O4. The van der Waals surface area contributed by atoms with Crippen LogP contribution in [-0.4, -0.2) is 116 Å². The van der Waals surface area contributed by atoms with Crippen LogP contribution in [0.3, 0.4) is 0 Å². The highest BCUT2D eigenvalue weighted by molar-refractivity contribution is 5.99. The Balaban J connectivity index is 0.816. The molecule has 1 fully saturated rings. The minimum atomic E-state index is -0.260. The molecule has 2 aliphatic rings. The molecule has 0 radical (unpaired) electrons. The van der Waals surface area contributed by atoms with Crippen molar-refractivity contribution in [3.05, 3.63) is 77.4 Å². The number of piperazine rings is 1. The molecule has 0 spiro atoms. The number of ether oxygens (including phenoxy) is 1. The third-order valence-corrected chi connectivity index (χ3v) is 9.88. The minimum Gasteiger partial charge on any atom is -0.424 e. The standard InChI is InChI=1S/C37H41N13O4/c1-47-10-12-48(13-11-47)37-41-18-27(19-42-37)35(52)40-8-15-53-14-7-30(51)49-9-6-24-16-23(2-3-26(24)21-49)20-50-34-31(33(38)43-22-44-34)32(46-50)25-4-5-29-28(17-25)45-36(39)54-29/h2-5,16-19,22H,6-15,20-21H2,1H3,(H2,39,45)(H,40,52)(H2,38,43,44). The van der Waals surface area contributed by atoms with Crippen molar-refractivity contribution in [2.75, 3.05) is 75.9 Å². The number of rotatable bonds is 11. The maximum absolute atomic E-state index is 13.1. The molecule has 0 aliphatic carbocycles. The van der Waals surface area contributed by atoms with Crippen LogP contribution in [0.1, 0.15) is 33.5 Å². The van der Waals surface area contributed by atoms with Crippen LogP contribution in [0.5, 0.6) is 0 Å². The number of nitrogen functional groups attached to an aromatic ring is 2. The fourth-order valence-electron chi connectivity index (χ4n) is 6.89. The van der Waals surface area contributed by atoms with E-state index in [2.05, 4.69) is 65.3 Å². The SMILES string of the molecule is CN1CCN(c2ncc(C(=O)NCCOCCC(=O)N3CCc4cc(Cn5nc(-c6ccc7oc(N)nc7c6)c6c(N)ncnc65)ccc4C3)cn2)CC1. The second kappa shape index (κ2) is 15.0. The number of nitrogens with one attached hydrogen (secondary N) is 1. The number of carbonyl (C=O) groups excluding carboxylic acids is 2. The summed E-state index contributed by atoms with van der Waals surface area (Å²) in [5, 5.41) is 8.40. The fraction of sp³-hybridized carbons (Fsp3) is 0.351. The molecule has 0 unspecified atom stereocenters. The van der Waals surface area contributed by atoms with Gasteiger partial charge in [-0.15, -0.1) is 0 Å². The predicted molar refractivity (Wildman–Crippen MR) is 201 cm³/mol. The van der Waals surface area contributed by atoms with E-state index in [9.17, 15) is 9.59 Å². The summed E-state index contributed by atoms with van der Waals surface area (Å²) in [6.07, 6.45) is 5.55. The molecular weight excluding hydrogens is 690 g/mol. The number of likely N-dealkylation sites (N-methyl/N-ethyl adjacent to an activating group) is 1. The van der Waals surface area contributed by atoms with E-state index in [0.29, 0.717) is 77.9 Å². The first-order valence-corrected chi connectivity index (χ1v) is 17.9. The van der Waals surface area contributed by atoms with Crippen LogP contribution in [-0.2, 0) is 29.0 Å². The molecule has 1 saturated heterocycles. The van der Waals surface area contributed by atoms with Gasteiger partial charge in [-0.3, -0.25) is 9.59 Å². The Morgan fingerprint density at radius 1 is 0.944 bits per heavy atom. The summed E-state index contributed by atoms with van der Waals surface area (Å²) in [6, 6.07) is 11.9. The van der Waals surface area contributed by atoms with Gasteiger partial charge in [-0.25, -0.2) is 24.6 Å². The van der Waals surface area contributed by atoms with Crippen LogP contribution >= 0.6 is 0 Å². The Labute approximate surface area is 310 Å². The summed E-state index contributed by atoms with van der Waals surface area (Å²) in [5.41, 5.74) is 19.1. The molecule has 4 aromatic heterocycles. The van der Waals surface area contributed by atoms with Crippen molar-refractivity contribution in [2.24, 2.45) is 0 Å². The van der Waals surface area contributed by atoms with Crippen LogP contribution in [0, 0.1) is 0 Å². The Bertz CT molecular complexity index is 2310. The maximum Gasteiger partial charge on any atom is 0.292 e. The lowest BCUT2D eigenvalue weighted by Crippen LogP contribution is -2.45. The number of hydrogen-bond donors (Lipinski definition) is 3. The van der Waals surface area contributed by atoms with Crippen molar-refractivity contribution in [3.63, 3.8) is 0 Å². The number of oxazole rings is 1. The average molecular weight is 732 g/mol. The highest BCUT2D eigenvalue weighted by Gasteiger charge is 2.23. The highest BCUT2D eigenvalue weighted by atomic mass is 16.5. The zero-order valence-corrected chi connectivity index (χ0v) is 29.9. The van der Waals surface area contributed by atoms with Gasteiger partial charge in [-0.2, -0.15) is 10.1 Å². The predicted octanol–water partition coefficient (Wildman–Crippen LogP) is 2.11. The first kappa shape index (κ1) is 34.9. The van der Waals surface area contributed by atoms with E-state index >= 15 is 0 Å². The first-order chi connectivity index (χ1) is 26.3. The Morgan fingerprint density at radius 2 is 1.78 bits per heavy atom. The van der Waals surface area contributed by atoms with Gasteiger partial charge in [-0.1, -0.05) is 18.2 Å². The number of amides is 2. The van der Waals surface area contributed by atoms with Gasteiger partial charge in [-0.05, 0) is 48.4 Å². The Hall–Kier alpha value is -6.20. The molecule has 0 bridgehead atoms. The van der Waals surface area contributed by atoms with E-state index in [4.69, 9.17) is 25.7 Å². The summed E-state index contributed by atoms with van der Waals surface area (Å²) < 4.78 is 12.9. The lowest BCUT2D eigenvalue weighted by molar-refractivity contribution is -0.133. The summed E-state index contributed by atoms with van der Waals surface area (Å²) in [4.78, 5) is 53.6. The quantitative estimate of drug-likeness (QED) is 0.163. The lowest BCUT2D eigenvalue weighted by atomic mass is 9.97. The van der Waals surface area contributed by atoms with Crippen molar-refractivity contribution < 1.29 is 18.7 Å². The smallest absolute Gasteiger partial charge is 0.292 e. The number of anilines is 3. The molecule has 8 rings (SSSR count). The number of aromatic nitrogens is 7. The van der Waals surface area contributed by atoms with Crippen molar-refractivity contribution in [1.82, 2.24) is 49.8 Å². The van der Waals surface area contributed by atoms with E-state index in [0.717, 1.165) is 49.3 Å². The first-order valence-electron chi connectivity index (χ1n) is 17.9. The van der Waals surface area contributed by atoms with Crippen LogP contribution in [0.4, 0.5) is 17.8 Å². The van der Waals surface area contributed by atoms with E-state index < -0.39 is 0 Å². The number of nitrogens with zero attached hydrogens (tertiary/aromatic N) is 10. The molecule has 17 nitrogen and oxygen atoms in total. The molecule has 2 aliphatic heterocycles. The van der Waals surface area contributed by atoms with Gasteiger partial charge in [0.2, 0.25) is 11.9 Å². The molecule has 2 aromatic carbocycles. The molecule has 6 heterocycles. The van der Waals surface area contributed by atoms with Crippen molar-refractivity contribution in [2.45, 2.75) is 25.9 Å². The van der Waals surface area contributed by atoms with Gasteiger partial charge in [0.15, 0.2) is 11.2 Å². The monoisotopic (exact) mass is 731 g/mol. The van der Waals surface area contributed by atoms with E-state index in [1.807, 2.05) is 21.7 Å². The van der Waals surface area contributed by atoms with Crippen LogP contribution in [0.15, 0.2) is 59.5 Å². The lowest BCUT2D eigenvalue weighted by Gasteiger charge is -2.32. The number of benzene rings is 2. The van der Waals surface area contributed by atoms with Gasteiger partial charge < -0.3 is 40.6 Å². The molecule has 6 aromatic rings. The van der Waals surface area contributed by atoms with Gasteiger partial charge in [0.1, 0.15) is 23.4 Å². The molecule has 5 N–H and O–H groups in total. The Morgan fingerprint density at radius 3 is 2.61 bits per heavy atom. The second-order valence-electron chi connectivity index (χ2n) is 13.5. The zero-order chi connectivity index (χ0) is 37.2. The largest absolute Gasteiger partial charge is 0.424 e. The highest BCUT2D eigenvalue weighted by Crippen LogP contribution is 2.33. The summed E-state index contributed by atoms with van der Waals surface area (Å²) in [6.45, 7) is 6.13. The van der Waals surface area contributed by atoms with Gasteiger partial charge in [0.25, 0.3) is 11.9 Å². The minimum absolute atomic E-state index is 0.0330. The maximum atomic E-state index is 13.1. The molecule has 278 valence electrons. The molecule has 0 saturated carbocycles. The summed E-state index contributed by atoms with van der Waals surface area (Å²) >= 11 is 0. The zero-order valence-electron chi connectivity index (χ0n) is 29.9. The van der Waals surface area contributed by atoms with E-state index in [1.165, 1.54) is 11.9 Å². The second-order valence-corrected chi connectivity index (χ2v) is 13.5. The average Bonchev–Trinajstić information content (AvgIpc) is 3.75. The topological polar surface area (TPSA) is 213 Å². The van der Waals surface area contributed by atoms with Crippen molar-refractivity contribution >= 4 is 51.7 Å². The number of hydrogen-bond acceptors (Lipinski definition) is 14. The number of carbonyl (C=O) groups is 2. The van der Waals surface area contributed by atoms with Crippen molar-refractivity contribution in [3.8, 4) is 11.3 Å². The molecule has 0 atom stereocenters. The molecule has 54 heavy (non-hydrogen) atoms. The third-order valence-electron chi connectivity index (χ3n) is 9.88.